The van der Waals surface area contributed by atoms with Gasteiger partial charge in [0.25, 0.3) is 0 Å². The molecule has 0 N–H and O–H groups in total. The van der Waals surface area contributed by atoms with Gasteiger partial charge in [-0.25, -0.2) is 4.39 Å². The maximum absolute atomic E-state index is 13.4. The molecule has 0 atom stereocenters. The van der Waals surface area contributed by atoms with Crippen LogP contribution in [-0.4, -0.2) is 29.7 Å². The van der Waals surface area contributed by atoms with Crippen LogP contribution in [0.5, 0.6) is 0 Å². The number of likely N-dealkylation sites (tertiary alicyclic amines) is 1. The van der Waals surface area contributed by atoms with Crippen LogP contribution in [-0.2, 0) is 0 Å². The van der Waals surface area contributed by atoms with Crippen LogP contribution in [0.2, 0.25) is 0 Å². The number of rotatable bonds is 3. The van der Waals surface area contributed by atoms with E-state index in [0.717, 1.165) is 38.2 Å². The first-order chi connectivity index (χ1) is 12.7. The van der Waals surface area contributed by atoms with Gasteiger partial charge in [-0.15, -0.1) is 0 Å². The van der Waals surface area contributed by atoms with Crippen molar-refractivity contribution in [2.24, 2.45) is 0 Å². The molecule has 0 spiro atoms. The van der Waals surface area contributed by atoms with Crippen molar-refractivity contribution in [3.63, 3.8) is 0 Å². The van der Waals surface area contributed by atoms with Crippen LogP contribution in [0.1, 0.15) is 25.8 Å². The lowest BCUT2D eigenvalue weighted by Gasteiger charge is -2.32. The summed E-state index contributed by atoms with van der Waals surface area (Å²) in [4.78, 5) is 2.47. The van der Waals surface area contributed by atoms with Crippen LogP contribution in [0.3, 0.4) is 0 Å². The van der Waals surface area contributed by atoms with Crippen LogP contribution >= 0.6 is 0 Å². The summed E-state index contributed by atoms with van der Waals surface area (Å²) >= 11 is 0. The highest BCUT2D eigenvalue weighted by molar-refractivity contribution is 5.83. The monoisotopic (exact) mass is 335 g/mol. The van der Waals surface area contributed by atoms with Gasteiger partial charge in [0.2, 0.25) is 0 Å². The van der Waals surface area contributed by atoms with E-state index in [0.29, 0.717) is 11.0 Å². The van der Waals surface area contributed by atoms with Gasteiger partial charge in [0.1, 0.15) is 5.82 Å². The third-order valence-corrected chi connectivity index (χ3v) is 5.37. The molecule has 1 aliphatic carbocycles. The zero-order chi connectivity index (χ0) is 17.7. The van der Waals surface area contributed by atoms with Gasteiger partial charge in [-0.05, 0) is 60.1 Å². The fourth-order valence-corrected chi connectivity index (χ4v) is 3.99. The lowest BCUT2D eigenvalue weighted by Crippen LogP contribution is -2.41. The van der Waals surface area contributed by atoms with Gasteiger partial charge < -0.3 is 4.52 Å². The van der Waals surface area contributed by atoms with Gasteiger partial charge in [-0.2, -0.15) is 0 Å². The highest BCUT2D eigenvalue weighted by Crippen LogP contribution is 2.33. The molecule has 5 rings (SSSR count). The fourth-order valence-electron chi connectivity index (χ4n) is 3.99. The van der Waals surface area contributed by atoms with E-state index >= 15 is 0 Å². The van der Waals surface area contributed by atoms with Crippen molar-refractivity contribution in [2.45, 2.75) is 18.8 Å². The Morgan fingerprint density at radius 1 is 1.24 bits per heavy atom. The second kappa shape index (κ2) is 5.81. The maximum atomic E-state index is 13.4. The van der Waals surface area contributed by atoms with Gasteiger partial charge in [0.15, 0.2) is 5.58 Å². The topological polar surface area (TPSA) is 29.3 Å². The molecule has 0 unspecified atom stereocenters. The quantitative estimate of drug-likeness (QED) is 0.737. The summed E-state index contributed by atoms with van der Waals surface area (Å²) in [5.41, 5.74) is 2.61. The number of hydrogen-bond acceptors (Lipinski definition) is 3. The number of aromatic nitrogens is 1. The molecule has 1 fully saturated rings. The van der Waals surface area contributed by atoms with Crippen molar-refractivity contribution < 1.29 is 10.3 Å². The van der Waals surface area contributed by atoms with Gasteiger partial charge in [-0.1, -0.05) is 29.4 Å². The molecule has 2 aliphatic rings. The van der Waals surface area contributed by atoms with E-state index in [1.807, 2.05) is 0 Å². The minimum Gasteiger partial charge on any atom is -0.356 e. The Bertz CT molecular complexity index is 1110. The highest BCUT2D eigenvalue weighted by Gasteiger charge is 2.25. The molecule has 3 aromatic rings. The van der Waals surface area contributed by atoms with Crippen molar-refractivity contribution in [1.29, 1.82) is 0 Å². The summed E-state index contributed by atoms with van der Waals surface area (Å²) in [7, 11) is 0. The van der Waals surface area contributed by atoms with Crippen LogP contribution < -0.4 is 10.4 Å². The molecule has 1 aliphatic heterocycles. The Morgan fingerprint density at radius 3 is 2.92 bits per heavy atom. The average molecular weight is 335 g/mol. The molecule has 0 bridgehead atoms. The normalized spacial score (nSPS) is 18.6. The zero-order valence-electron chi connectivity index (χ0n) is 14.8. The van der Waals surface area contributed by atoms with E-state index < -0.39 is 5.82 Å². The number of halogens is 1. The number of nitrogens with zero attached hydrogens (tertiary/aromatic N) is 2. The molecule has 126 valence electrons. The number of piperidine rings is 1. The Balaban J connectivity index is 1.31. The smallest absolute Gasteiger partial charge is 0.170 e. The lowest BCUT2D eigenvalue weighted by molar-refractivity contribution is 0.232. The van der Waals surface area contributed by atoms with Crippen LogP contribution in [0.25, 0.3) is 22.6 Å². The molecule has 1 saturated heterocycles. The van der Waals surface area contributed by atoms with E-state index in [2.05, 4.69) is 40.4 Å². The molecule has 1 aromatic heterocycles. The summed E-state index contributed by atoms with van der Waals surface area (Å²) < 4.78 is 26.8. The van der Waals surface area contributed by atoms with Crippen molar-refractivity contribution in [1.82, 2.24) is 10.1 Å². The molecule has 2 heterocycles. The van der Waals surface area contributed by atoms with E-state index in [1.54, 1.807) is 0 Å². The zero-order valence-corrected chi connectivity index (χ0v) is 13.8. The number of hydrogen-bond donors (Lipinski definition) is 0. The summed E-state index contributed by atoms with van der Waals surface area (Å²) in [6, 6.07) is 11.2. The van der Waals surface area contributed by atoms with Gasteiger partial charge in [-0.3, -0.25) is 4.90 Å². The van der Waals surface area contributed by atoms with Crippen LogP contribution in [0, 0.1) is 5.82 Å². The van der Waals surface area contributed by atoms with Gasteiger partial charge in [0.05, 0.1) is 7.06 Å². The maximum Gasteiger partial charge on any atom is 0.170 e. The standard InChI is InChI=1S/C21H19FN2O/c22-17-5-6-19-20(12-17)25-23-21(19)14-7-9-24(10-8-14)13-16-11-15-3-1-2-4-18(15)16/h1-6,11-12,14H,7-10,13H2/i6D. The number of fused-ring (bicyclic) bond motifs is 2. The van der Waals surface area contributed by atoms with Crippen molar-refractivity contribution >= 4 is 22.6 Å². The molecule has 25 heavy (non-hydrogen) atoms. The van der Waals surface area contributed by atoms with Crippen LogP contribution in [0.4, 0.5) is 4.39 Å². The van der Waals surface area contributed by atoms with Crippen LogP contribution in [0.15, 0.2) is 47.0 Å². The van der Waals surface area contributed by atoms with E-state index in [4.69, 9.17) is 5.89 Å². The fraction of sp³-hybridized carbons (Fsp3) is 0.286. The minimum atomic E-state index is -0.450. The van der Waals surface area contributed by atoms with Crippen molar-refractivity contribution in [2.75, 3.05) is 19.6 Å². The first kappa shape index (κ1) is 13.8. The summed E-state index contributed by atoms with van der Waals surface area (Å²) in [5, 5.41) is 7.55. The SMILES string of the molecule is [2H]c1cc(F)cc2onc(C3CCN(CC4=c5ccccc5=C4)CC3)c12. The first-order valence-corrected chi connectivity index (χ1v) is 8.77. The summed E-state index contributed by atoms with van der Waals surface area (Å²) in [6.07, 6.45) is 4.23. The second-order valence-corrected chi connectivity index (χ2v) is 6.93. The molecular weight excluding hydrogens is 315 g/mol. The molecule has 0 saturated carbocycles. The Morgan fingerprint density at radius 2 is 2.08 bits per heavy atom. The highest BCUT2D eigenvalue weighted by atomic mass is 19.1. The third kappa shape index (κ3) is 2.57. The largest absolute Gasteiger partial charge is 0.356 e. The third-order valence-electron chi connectivity index (χ3n) is 5.37. The minimum absolute atomic E-state index is 0.162. The Kier molecular flexibility index (Phi) is 3.21. The van der Waals surface area contributed by atoms with E-state index in [1.165, 1.54) is 28.1 Å². The summed E-state index contributed by atoms with van der Waals surface area (Å²) in [6.45, 7) is 2.97. The molecule has 3 nitrogen and oxygen atoms in total. The molecule has 2 aromatic carbocycles. The summed E-state index contributed by atoms with van der Waals surface area (Å²) in [5.74, 6) is -0.182. The number of benzene rings is 2. The average Bonchev–Trinajstić information content (AvgIpc) is 3.04. The molecule has 4 heteroatoms. The van der Waals surface area contributed by atoms with E-state index in [-0.39, 0.29) is 12.0 Å². The Hall–Kier alpha value is -2.46. The first-order valence-electron chi connectivity index (χ1n) is 9.27. The molecule has 0 radical (unpaired) electrons. The van der Waals surface area contributed by atoms with E-state index in [9.17, 15) is 4.39 Å². The van der Waals surface area contributed by atoms with Gasteiger partial charge in [0, 0.05) is 23.9 Å². The predicted octanol–water partition coefficient (Wildman–Crippen LogP) is 2.79. The Labute approximate surface area is 146 Å². The molecule has 0 amide bonds. The second-order valence-electron chi connectivity index (χ2n) is 6.93. The van der Waals surface area contributed by atoms with Crippen molar-refractivity contribution in [3.8, 4) is 0 Å². The van der Waals surface area contributed by atoms with Gasteiger partial charge >= 0.3 is 0 Å². The molecular formula is C21H19FN2O. The predicted molar refractivity (Wildman–Crippen MR) is 95.9 cm³/mol. The van der Waals surface area contributed by atoms with Crippen molar-refractivity contribution in [3.05, 3.63) is 64.4 Å². The lowest BCUT2D eigenvalue weighted by atomic mass is 9.91.